The van der Waals surface area contributed by atoms with Crippen molar-refractivity contribution in [2.75, 3.05) is 5.32 Å². The van der Waals surface area contributed by atoms with Crippen molar-refractivity contribution in [2.45, 2.75) is 0 Å². The maximum atomic E-state index is 10.5. The summed E-state index contributed by atoms with van der Waals surface area (Å²) in [6.45, 7) is 0. The molecule has 6 nitrogen and oxygen atoms in total. The molecular weight excluding hydrogens is 292 g/mol. The van der Waals surface area contributed by atoms with E-state index in [1.807, 2.05) is 0 Å². The lowest BCUT2D eigenvalue weighted by atomic mass is 10.2. The van der Waals surface area contributed by atoms with Gasteiger partial charge in [0.25, 0.3) is 5.69 Å². The van der Waals surface area contributed by atoms with E-state index >= 15 is 0 Å². The van der Waals surface area contributed by atoms with Gasteiger partial charge in [-0.2, -0.15) is 0 Å². The molecule has 0 aliphatic heterocycles. The van der Waals surface area contributed by atoms with E-state index in [-0.39, 0.29) is 5.69 Å². The van der Waals surface area contributed by atoms with E-state index in [1.54, 1.807) is 12.1 Å². The van der Waals surface area contributed by atoms with Gasteiger partial charge in [-0.25, -0.2) is 0 Å². The zero-order valence-corrected chi connectivity index (χ0v) is 11.3. The molecule has 0 saturated carbocycles. The largest absolute Gasteiger partial charge is 0.316 e. The molecule has 0 bridgehead atoms. The molecule has 0 fully saturated rings. The van der Waals surface area contributed by atoms with Crippen LogP contribution in [-0.2, 0) is 0 Å². The molecule has 0 spiro atoms. The molecule has 1 aromatic heterocycles. The van der Waals surface area contributed by atoms with Crippen LogP contribution in [0.15, 0.2) is 24.3 Å². The van der Waals surface area contributed by atoms with Crippen LogP contribution in [0, 0.1) is 10.1 Å². The first kappa shape index (κ1) is 12.9. The van der Waals surface area contributed by atoms with Crippen molar-refractivity contribution in [3.8, 4) is 10.6 Å². The summed E-state index contributed by atoms with van der Waals surface area (Å²) in [6.07, 6.45) is 0. The molecule has 0 aliphatic rings. The van der Waals surface area contributed by atoms with Crippen LogP contribution in [0.3, 0.4) is 0 Å². The van der Waals surface area contributed by atoms with Gasteiger partial charge in [0.05, 0.1) is 4.92 Å². The number of hydrogen-bond donors (Lipinski definition) is 2. The van der Waals surface area contributed by atoms with Crippen LogP contribution in [-0.4, -0.2) is 19.4 Å². The highest BCUT2D eigenvalue weighted by Gasteiger charge is 2.09. The summed E-state index contributed by atoms with van der Waals surface area (Å²) >= 11 is 9.98. The minimum atomic E-state index is -0.448. The zero-order chi connectivity index (χ0) is 13.1. The highest BCUT2D eigenvalue weighted by atomic mass is 32.1. The summed E-state index contributed by atoms with van der Waals surface area (Å²) in [7, 11) is 0. The third-order valence-electron chi connectivity index (χ3n) is 1.96. The number of benzene rings is 1. The average Bonchev–Trinajstić information content (AvgIpc) is 2.76. The van der Waals surface area contributed by atoms with Crippen molar-refractivity contribution in [3.05, 3.63) is 34.4 Å². The molecule has 1 heterocycles. The molecule has 0 atom stereocenters. The van der Waals surface area contributed by atoms with Crippen molar-refractivity contribution in [3.63, 3.8) is 0 Å². The molecule has 1 N–H and O–H groups in total. The number of thiocarbonyl (C=S) groups is 1. The summed E-state index contributed by atoms with van der Waals surface area (Å²) in [5.41, 5.74) is 0.800. The summed E-state index contributed by atoms with van der Waals surface area (Å²) in [5.74, 6) is 0. The lowest BCUT2D eigenvalue weighted by molar-refractivity contribution is -0.384. The standard InChI is InChI=1S/C9H6N4O2S3/c14-13(15)6-3-1-5(2-4-6)7-11-12-8(18-7)10-9(16)17/h1-4H,(H2,10,12,16,17). The number of nitrogens with one attached hydrogen (secondary N) is 1. The van der Waals surface area contributed by atoms with E-state index in [0.29, 0.717) is 14.5 Å². The molecule has 0 unspecified atom stereocenters. The predicted octanol–water partition coefficient (Wildman–Crippen LogP) is 2.74. The van der Waals surface area contributed by atoms with Gasteiger partial charge in [0.2, 0.25) is 5.13 Å². The lowest BCUT2D eigenvalue weighted by Gasteiger charge is -1.95. The van der Waals surface area contributed by atoms with Gasteiger partial charge in [0, 0.05) is 17.7 Å². The second-order valence-corrected chi connectivity index (χ2v) is 5.28. The number of nitro groups is 1. The fraction of sp³-hybridized carbons (Fsp3) is 0. The third-order valence-corrected chi connectivity index (χ3v) is 3.07. The zero-order valence-electron chi connectivity index (χ0n) is 8.73. The van der Waals surface area contributed by atoms with E-state index in [2.05, 4.69) is 28.1 Å². The number of aromatic nitrogens is 2. The SMILES string of the molecule is O=[N+]([O-])c1ccc(-c2nnc(NC(=S)S)s2)cc1. The second kappa shape index (κ2) is 5.38. The minimum absolute atomic E-state index is 0.0400. The molecule has 0 aliphatic carbocycles. The number of non-ortho nitro benzene ring substituents is 1. The molecule has 1 aromatic carbocycles. The number of anilines is 1. The number of thiol groups is 1. The van der Waals surface area contributed by atoms with Crippen molar-refractivity contribution in [2.24, 2.45) is 0 Å². The van der Waals surface area contributed by atoms with Crippen molar-refractivity contribution in [1.82, 2.24) is 10.2 Å². The van der Waals surface area contributed by atoms with Crippen LogP contribution in [0.5, 0.6) is 0 Å². The van der Waals surface area contributed by atoms with Gasteiger partial charge in [-0.15, -0.1) is 22.8 Å². The van der Waals surface area contributed by atoms with Gasteiger partial charge in [-0.1, -0.05) is 23.6 Å². The average molecular weight is 298 g/mol. The van der Waals surface area contributed by atoms with Gasteiger partial charge in [-0.05, 0) is 12.1 Å². The van der Waals surface area contributed by atoms with Crippen LogP contribution in [0.2, 0.25) is 0 Å². The summed E-state index contributed by atoms with van der Waals surface area (Å²) in [6, 6.07) is 6.10. The summed E-state index contributed by atoms with van der Waals surface area (Å²) < 4.78 is 0.307. The van der Waals surface area contributed by atoms with Gasteiger partial charge in [-0.3, -0.25) is 10.1 Å². The molecular formula is C9H6N4O2S3. The van der Waals surface area contributed by atoms with E-state index < -0.39 is 4.92 Å². The molecule has 0 amide bonds. The monoisotopic (exact) mass is 298 g/mol. The Labute approximate surface area is 117 Å². The molecule has 9 heteroatoms. The Morgan fingerprint density at radius 2 is 2.06 bits per heavy atom. The topological polar surface area (TPSA) is 81.0 Å². The summed E-state index contributed by atoms with van der Waals surface area (Å²) in [4.78, 5) is 10.1. The van der Waals surface area contributed by atoms with Crippen LogP contribution in [0.4, 0.5) is 10.8 Å². The van der Waals surface area contributed by atoms with Gasteiger partial charge in [0.1, 0.15) is 9.33 Å². The van der Waals surface area contributed by atoms with Crippen molar-refractivity contribution < 1.29 is 4.92 Å². The van der Waals surface area contributed by atoms with E-state index in [1.165, 1.54) is 23.5 Å². The van der Waals surface area contributed by atoms with E-state index in [9.17, 15) is 10.1 Å². The molecule has 2 rings (SSSR count). The maximum Gasteiger partial charge on any atom is 0.269 e. The smallest absolute Gasteiger partial charge is 0.269 e. The minimum Gasteiger partial charge on any atom is -0.316 e. The Kier molecular flexibility index (Phi) is 3.84. The van der Waals surface area contributed by atoms with E-state index in [0.717, 1.165) is 5.56 Å². The normalized spacial score (nSPS) is 10.1. The number of nitrogens with zero attached hydrogens (tertiary/aromatic N) is 3. The second-order valence-electron chi connectivity index (χ2n) is 3.15. The van der Waals surface area contributed by atoms with Crippen LogP contribution >= 0.6 is 36.2 Å². The predicted molar refractivity (Wildman–Crippen MR) is 77.2 cm³/mol. The highest BCUT2D eigenvalue weighted by molar-refractivity contribution is 8.11. The fourth-order valence-corrected chi connectivity index (χ4v) is 2.30. The first-order valence-corrected chi connectivity index (χ1v) is 6.32. The van der Waals surface area contributed by atoms with Gasteiger partial charge < -0.3 is 5.32 Å². The summed E-state index contributed by atoms with van der Waals surface area (Å²) in [5, 5.41) is 22.3. The van der Waals surface area contributed by atoms with Crippen LogP contribution in [0.1, 0.15) is 0 Å². The Morgan fingerprint density at radius 3 is 2.61 bits per heavy atom. The van der Waals surface area contributed by atoms with Crippen molar-refractivity contribution in [1.29, 1.82) is 0 Å². The third kappa shape index (κ3) is 3.00. The molecule has 0 saturated heterocycles. The Bertz CT molecular complexity index is 596. The molecule has 18 heavy (non-hydrogen) atoms. The van der Waals surface area contributed by atoms with E-state index in [4.69, 9.17) is 12.2 Å². The first-order chi connectivity index (χ1) is 8.56. The van der Waals surface area contributed by atoms with Gasteiger partial charge in [0.15, 0.2) is 0 Å². The molecule has 2 aromatic rings. The Morgan fingerprint density at radius 1 is 1.39 bits per heavy atom. The quantitative estimate of drug-likeness (QED) is 0.392. The Balaban J connectivity index is 2.23. The number of rotatable bonds is 3. The molecule has 0 radical (unpaired) electrons. The fourth-order valence-electron chi connectivity index (χ4n) is 1.21. The maximum absolute atomic E-state index is 10.5. The van der Waals surface area contributed by atoms with Crippen LogP contribution < -0.4 is 5.32 Å². The van der Waals surface area contributed by atoms with Crippen LogP contribution in [0.25, 0.3) is 10.6 Å². The number of nitro benzene ring substituents is 1. The number of hydrogen-bond acceptors (Lipinski definition) is 6. The molecule has 92 valence electrons. The van der Waals surface area contributed by atoms with Gasteiger partial charge >= 0.3 is 0 Å². The first-order valence-electron chi connectivity index (χ1n) is 4.64. The highest BCUT2D eigenvalue weighted by Crippen LogP contribution is 2.27. The lowest BCUT2D eigenvalue weighted by Crippen LogP contribution is -1.99. The van der Waals surface area contributed by atoms with Crippen molar-refractivity contribution >= 4 is 51.3 Å². The Hall–Kier alpha value is -1.58.